The van der Waals surface area contributed by atoms with Crippen LogP contribution in [0.15, 0.2) is 65.7 Å². The third-order valence-corrected chi connectivity index (χ3v) is 5.74. The zero-order valence-electron chi connectivity index (χ0n) is 14.8. The van der Waals surface area contributed by atoms with Crippen LogP contribution in [0, 0.1) is 0 Å². The standard InChI is InChI=1S/C20H16Cl2N2O3S/c1-28(26,27)17-7-5-14(18(22)10-17)11-24-20(25)15-6-8-19(23-12-15)13-3-2-4-16(21)9-13/h2-10,12H,11H2,1H3,(H,24,25). The number of benzene rings is 2. The van der Waals surface area contributed by atoms with Crippen LogP contribution < -0.4 is 5.32 Å². The van der Waals surface area contributed by atoms with Crippen molar-refractivity contribution in [3.8, 4) is 11.3 Å². The Hall–Kier alpha value is -2.41. The van der Waals surface area contributed by atoms with E-state index in [0.717, 1.165) is 11.8 Å². The van der Waals surface area contributed by atoms with Gasteiger partial charge in [-0.15, -0.1) is 0 Å². The molecule has 144 valence electrons. The van der Waals surface area contributed by atoms with Gasteiger partial charge in [0.05, 0.1) is 16.2 Å². The molecular formula is C20H16Cl2N2O3S. The summed E-state index contributed by atoms with van der Waals surface area (Å²) in [6, 6.07) is 15.1. The van der Waals surface area contributed by atoms with E-state index in [1.165, 1.54) is 18.3 Å². The summed E-state index contributed by atoms with van der Waals surface area (Å²) in [5, 5.41) is 3.64. The molecule has 3 aromatic rings. The number of amides is 1. The van der Waals surface area contributed by atoms with Crippen LogP contribution >= 0.6 is 23.2 Å². The maximum absolute atomic E-state index is 12.3. The van der Waals surface area contributed by atoms with E-state index < -0.39 is 9.84 Å². The maximum Gasteiger partial charge on any atom is 0.253 e. The smallest absolute Gasteiger partial charge is 0.253 e. The van der Waals surface area contributed by atoms with Crippen LogP contribution in [-0.4, -0.2) is 25.6 Å². The number of pyridine rings is 1. The lowest BCUT2D eigenvalue weighted by Crippen LogP contribution is -2.23. The number of carbonyl (C=O) groups is 1. The van der Waals surface area contributed by atoms with E-state index in [9.17, 15) is 13.2 Å². The molecule has 1 aromatic heterocycles. The fourth-order valence-corrected chi connectivity index (χ4v) is 3.68. The average molecular weight is 435 g/mol. The second-order valence-electron chi connectivity index (χ2n) is 6.15. The van der Waals surface area contributed by atoms with E-state index in [4.69, 9.17) is 23.2 Å². The lowest BCUT2D eigenvalue weighted by atomic mass is 10.1. The molecule has 0 aliphatic heterocycles. The monoisotopic (exact) mass is 434 g/mol. The van der Waals surface area contributed by atoms with Crippen molar-refractivity contribution in [2.75, 3.05) is 6.26 Å². The Morgan fingerprint density at radius 1 is 1.07 bits per heavy atom. The van der Waals surface area contributed by atoms with Crippen molar-refractivity contribution in [1.82, 2.24) is 10.3 Å². The normalized spacial score (nSPS) is 11.2. The maximum atomic E-state index is 12.3. The van der Waals surface area contributed by atoms with Gasteiger partial charge in [0.2, 0.25) is 0 Å². The molecule has 0 saturated carbocycles. The number of aromatic nitrogens is 1. The molecule has 0 spiro atoms. The number of hydrogen-bond acceptors (Lipinski definition) is 4. The van der Waals surface area contributed by atoms with Crippen LogP contribution in [0.3, 0.4) is 0 Å². The molecule has 28 heavy (non-hydrogen) atoms. The molecule has 0 fully saturated rings. The highest BCUT2D eigenvalue weighted by molar-refractivity contribution is 7.90. The highest BCUT2D eigenvalue weighted by Crippen LogP contribution is 2.22. The molecule has 0 atom stereocenters. The van der Waals surface area contributed by atoms with Gasteiger partial charge in [-0.25, -0.2) is 8.42 Å². The molecule has 8 heteroatoms. The van der Waals surface area contributed by atoms with Crippen LogP contribution in [0.4, 0.5) is 0 Å². The van der Waals surface area contributed by atoms with Crippen molar-refractivity contribution < 1.29 is 13.2 Å². The minimum atomic E-state index is -3.33. The first kappa shape index (κ1) is 20.3. The van der Waals surface area contributed by atoms with Crippen molar-refractivity contribution >= 4 is 38.9 Å². The van der Waals surface area contributed by atoms with Gasteiger partial charge in [-0.05, 0) is 42.0 Å². The summed E-state index contributed by atoms with van der Waals surface area (Å²) < 4.78 is 23.1. The minimum Gasteiger partial charge on any atom is -0.348 e. The third kappa shape index (κ3) is 4.90. The number of nitrogens with one attached hydrogen (secondary N) is 1. The summed E-state index contributed by atoms with van der Waals surface area (Å²) in [5.41, 5.74) is 2.58. The van der Waals surface area contributed by atoms with E-state index >= 15 is 0 Å². The van der Waals surface area contributed by atoms with Gasteiger partial charge in [-0.1, -0.05) is 41.4 Å². The lowest BCUT2D eigenvalue weighted by molar-refractivity contribution is 0.0950. The number of nitrogens with zero attached hydrogens (tertiary/aromatic N) is 1. The average Bonchev–Trinajstić information content (AvgIpc) is 2.66. The van der Waals surface area contributed by atoms with Gasteiger partial charge in [-0.2, -0.15) is 0 Å². The molecule has 3 rings (SSSR count). The Labute approximate surface area is 173 Å². The largest absolute Gasteiger partial charge is 0.348 e. The van der Waals surface area contributed by atoms with Crippen molar-refractivity contribution in [1.29, 1.82) is 0 Å². The quantitative estimate of drug-likeness (QED) is 0.645. The first-order valence-electron chi connectivity index (χ1n) is 8.23. The van der Waals surface area contributed by atoms with Gasteiger partial charge in [0.1, 0.15) is 0 Å². The van der Waals surface area contributed by atoms with E-state index in [0.29, 0.717) is 21.8 Å². The minimum absolute atomic E-state index is 0.133. The molecule has 1 heterocycles. The van der Waals surface area contributed by atoms with Crippen molar-refractivity contribution in [2.24, 2.45) is 0 Å². The highest BCUT2D eigenvalue weighted by atomic mass is 35.5. The van der Waals surface area contributed by atoms with Gasteiger partial charge in [0.15, 0.2) is 9.84 Å². The van der Waals surface area contributed by atoms with E-state index in [2.05, 4.69) is 10.3 Å². The lowest BCUT2D eigenvalue weighted by Gasteiger charge is -2.09. The van der Waals surface area contributed by atoms with Gasteiger partial charge in [-0.3, -0.25) is 9.78 Å². The first-order valence-corrected chi connectivity index (χ1v) is 10.9. The van der Waals surface area contributed by atoms with Crippen molar-refractivity contribution in [3.05, 3.63) is 82.0 Å². The number of hydrogen-bond donors (Lipinski definition) is 1. The molecule has 1 amide bonds. The summed E-state index contributed by atoms with van der Waals surface area (Å²) in [5.74, 6) is -0.312. The summed E-state index contributed by atoms with van der Waals surface area (Å²) in [7, 11) is -3.33. The molecular weight excluding hydrogens is 419 g/mol. The highest BCUT2D eigenvalue weighted by Gasteiger charge is 2.12. The Balaban J connectivity index is 1.68. The summed E-state index contributed by atoms with van der Waals surface area (Å²) in [6.45, 7) is 0.164. The summed E-state index contributed by atoms with van der Waals surface area (Å²) in [4.78, 5) is 16.8. The van der Waals surface area contributed by atoms with E-state index in [1.807, 2.05) is 12.1 Å². The van der Waals surface area contributed by atoms with Gasteiger partial charge in [0, 0.05) is 34.6 Å². The third-order valence-electron chi connectivity index (χ3n) is 4.04. The molecule has 2 aromatic carbocycles. The Kier molecular flexibility index (Phi) is 6.03. The summed E-state index contributed by atoms with van der Waals surface area (Å²) in [6.07, 6.45) is 2.60. The fraction of sp³-hybridized carbons (Fsp3) is 0.100. The topological polar surface area (TPSA) is 76.1 Å². The molecule has 0 bridgehead atoms. The van der Waals surface area contributed by atoms with Crippen molar-refractivity contribution in [3.63, 3.8) is 0 Å². The van der Waals surface area contributed by atoms with Crippen LogP contribution in [0.25, 0.3) is 11.3 Å². The number of halogens is 2. The Morgan fingerprint density at radius 2 is 1.86 bits per heavy atom. The fourth-order valence-electron chi connectivity index (χ4n) is 2.53. The van der Waals surface area contributed by atoms with Gasteiger partial charge >= 0.3 is 0 Å². The first-order chi connectivity index (χ1) is 13.2. The SMILES string of the molecule is CS(=O)(=O)c1ccc(CNC(=O)c2ccc(-c3cccc(Cl)c3)nc2)c(Cl)c1. The number of sulfone groups is 1. The second-order valence-corrected chi connectivity index (χ2v) is 9.01. The van der Waals surface area contributed by atoms with Gasteiger partial charge < -0.3 is 5.32 Å². The van der Waals surface area contributed by atoms with E-state index in [1.54, 1.807) is 30.3 Å². The molecule has 0 aliphatic rings. The molecule has 0 radical (unpaired) electrons. The zero-order valence-corrected chi connectivity index (χ0v) is 17.1. The molecule has 0 unspecified atom stereocenters. The predicted molar refractivity (Wildman–Crippen MR) is 110 cm³/mol. The van der Waals surface area contributed by atoms with Crippen LogP contribution in [0.2, 0.25) is 10.0 Å². The number of carbonyl (C=O) groups excluding carboxylic acids is 1. The van der Waals surface area contributed by atoms with Gasteiger partial charge in [0.25, 0.3) is 5.91 Å². The second kappa shape index (κ2) is 8.31. The van der Waals surface area contributed by atoms with Crippen LogP contribution in [0.5, 0.6) is 0 Å². The zero-order chi connectivity index (χ0) is 20.3. The Morgan fingerprint density at radius 3 is 2.46 bits per heavy atom. The molecule has 0 saturated heterocycles. The molecule has 0 aliphatic carbocycles. The predicted octanol–water partition coefficient (Wildman–Crippen LogP) is 4.39. The molecule has 5 nitrogen and oxygen atoms in total. The summed E-state index contributed by atoms with van der Waals surface area (Å²) >= 11 is 12.1. The van der Waals surface area contributed by atoms with E-state index in [-0.39, 0.29) is 22.4 Å². The number of rotatable bonds is 5. The molecule has 1 N–H and O–H groups in total. The van der Waals surface area contributed by atoms with Crippen molar-refractivity contribution in [2.45, 2.75) is 11.4 Å². The van der Waals surface area contributed by atoms with Crippen LogP contribution in [-0.2, 0) is 16.4 Å². The van der Waals surface area contributed by atoms with Crippen LogP contribution in [0.1, 0.15) is 15.9 Å². The Bertz CT molecular complexity index is 1130.